The minimum atomic E-state index is -0.675. The van der Waals surface area contributed by atoms with Crippen LogP contribution in [0.15, 0.2) is 42.5 Å². The van der Waals surface area contributed by atoms with Gasteiger partial charge in [-0.15, -0.1) is 0 Å². The summed E-state index contributed by atoms with van der Waals surface area (Å²) < 4.78 is 5.53. The van der Waals surface area contributed by atoms with Crippen molar-refractivity contribution in [2.75, 3.05) is 11.1 Å². The van der Waals surface area contributed by atoms with E-state index in [2.05, 4.69) is 5.32 Å². The molecule has 110 valence electrons. The van der Waals surface area contributed by atoms with E-state index in [1.54, 1.807) is 49.4 Å². The first-order valence-electron chi connectivity index (χ1n) is 6.23. The first-order valence-corrected chi connectivity index (χ1v) is 6.99. The maximum Gasteiger partial charge on any atom is 0.265 e. The molecular formula is C15H14Cl2N2O2. The van der Waals surface area contributed by atoms with Crippen LogP contribution in [0.1, 0.15) is 6.92 Å². The van der Waals surface area contributed by atoms with Gasteiger partial charge >= 0.3 is 0 Å². The van der Waals surface area contributed by atoms with Gasteiger partial charge in [-0.05, 0) is 49.4 Å². The fourth-order valence-electron chi connectivity index (χ4n) is 1.67. The summed E-state index contributed by atoms with van der Waals surface area (Å²) in [6, 6.07) is 11.6. The Morgan fingerprint density at radius 3 is 2.29 bits per heavy atom. The number of carbonyl (C=O) groups is 1. The highest BCUT2D eigenvalue weighted by molar-refractivity contribution is 6.35. The smallest absolute Gasteiger partial charge is 0.265 e. The lowest BCUT2D eigenvalue weighted by molar-refractivity contribution is -0.122. The van der Waals surface area contributed by atoms with Gasteiger partial charge in [0, 0.05) is 21.4 Å². The molecule has 2 rings (SSSR count). The lowest BCUT2D eigenvalue weighted by atomic mass is 10.3. The maximum atomic E-state index is 12.1. The number of halogens is 2. The van der Waals surface area contributed by atoms with Crippen molar-refractivity contribution in [3.8, 4) is 5.75 Å². The molecule has 2 aromatic carbocycles. The van der Waals surface area contributed by atoms with Crippen LogP contribution in [0.4, 0.5) is 11.4 Å². The van der Waals surface area contributed by atoms with E-state index < -0.39 is 6.10 Å². The molecular weight excluding hydrogens is 311 g/mol. The Morgan fingerprint density at radius 1 is 1.14 bits per heavy atom. The van der Waals surface area contributed by atoms with E-state index >= 15 is 0 Å². The van der Waals surface area contributed by atoms with Crippen molar-refractivity contribution in [3.05, 3.63) is 52.5 Å². The molecule has 4 nitrogen and oxygen atoms in total. The molecule has 0 bridgehead atoms. The van der Waals surface area contributed by atoms with Crippen molar-refractivity contribution in [2.24, 2.45) is 0 Å². The fourth-order valence-corrected chi connectivity index (χ4v) is 2.20. The second-order valence-corrected chi connectivity index (χ2v) is 5.35. The Morgan fingerprint density at radius 2 is 1.71 bits per heavy atom. The number of nitrogens with one attached hydrogen (secondary N) is 1. The standard InChI is InChI=1S/C15H14Cl2N2O2/c1-9(21-14-4-2-12(18)3-5-14)15(20)19-13-7-10(16)6-11(17)8-13/h2-9H,18H2,1H3,(H,19,20). The summed E-state index contributed by atoms with van der Waals surface area (Å²) in [5.41, 5.74) is 6.74. The number of rotatable bonds is 4. The van der Waals surface area contributed by atoms with Crippen molar-refractivity contribution in [1.29, 1.82) is 0 Å². The number of anilines is 2. The van der Waals surface area contributed by atoms with E-state index in [1.807, 2.05) is 0 Å². The molecule has 0 saturated heterocycles. The average molecular weight is 325 g/mol. The van der Waals surface area contributed by atoms with E-state index in [9.17, 15) is 4.79 Å². The molecule has 21 heavy (non-hydrogen) atoms. The zero-order valence-corrected chi connectivity index (χ0v) is 12.8. The van der Waals surface area contributed by atoms with Crippen molar-refractivity contribution in [1.82, 2.24) is 0 Å². The van der Waals surface area contributed by atoms with Crippen LogP contribution >= 0.6 is 23.2 Å². The van der Waals surface area contributed by atoms with Crippen LogP contribution in [-0.2, 0) is 4.79 Å². The zero-order chi connectivity index (χ0) is 15.4. The minimum Gasteiger partial charge on any atom is -0.481 e. The molecule has 1 unspecified atom stereocenters. The van der Waals surface area contributed by atoms with Crippen LogP contribution in [-0.4, -0.2) is 12.0 Å². The van der Waals surface area contributed by atoms with E-state index in [4.69, 9.17) is 33.7 Å². The van der Waals surface area contributed by atoms with Gasteiger partial charge in [-0.1, -0.05) is 23.2 Å². The average Bonchev–Trinajstić information content (AvgIpc) is 2.40. The second kappa shape index (κ2) is 6.70. The van der Waals surface area contributed by atoms with Gasteiger partial charge in [0.15, 0.2) is 6.10 Å². The van der Waals surface area contributed by atoms with Crippen LogP contribution < -0.4 is 15.8 Å². The van der Waals surface area contributed by atoms with Gasteiger partial charge in [-0.2, -0.15) is 0 Å². The van der Waals surface area contributed by atoms with E-state index in [0.29, 0.717) is 27.2 Å². The zero-order valence-electron chi connectivity index (χ0n) is 11.3. The predicted octanol–water partition coefficient (Wildman–Crippen LogP) is 3.98. The highest BCUT2D eigenvalue weighted by Crippen LogP contribution is 2.23. The Balaban J connectivity index is 2.00. The number of hydrogen-bond acceptors (Lipinski definition) is 3. The first kappa shape index (κ1) is 15.5. The van der Waals surface area contributed by atoms with Crippen molar-refractivity contribution >= 4 is 40.5 Å². The van der Waals surface area contributed by atoms with Crippen molar-refractivity contribution in [3.63, 3.8) is 0 Å². The number of carbonyl (C=O) groups excluding carboxylic acids is 1. The van der Waals surface area contributed by atoms with Crippen molar-refractivity contribution in [2.45, 2.75) is 13.0 Å². The minimum absolute atomic E-state index is 0.301. The third kappa shape index (κ3) is 4.55. The van der Waals surface area contributed by atoms with Gasteiger partial charge in [0.05, 0.1) is 0 Å². The molecule has 6 heteroatoms. The van der Waals surface area contributed by atoms with Crippen LogP contribution in [0.3, 0.4) is 0 Å². The number of benzene rings is 2. The van der Waals surface area contributed by atoms with E-state index in [1.165, 1.54) is 0 Å². The largest absolute Gasteiger partial charge is 0.481 e. The number of ether oxygens (including phenoxy) is 1. The van der Waals surface area contributed by atoms with Gasteiger partial charge in [0.25, 0.3) is 5.91 Å². The van der Waals surface area contributed by atoms with Crippen LogP contribution in [0.25, 0.3) is 0 Å². The lowest BCUT2D eigenvalue weighted by Gasteiger charge is -2.15. The molecule has 2 aromatic rings. The second-order valence-electron chi connectivity index (χ2n) is 4.48. The SMILES string of the molecule is CC(Oc1ccc(N)cc1)C(=O)Nc1cc(Cl)cc(Cl)c1. The maximum absolute atomic E-state index is 12.1. The van der Waals surface area contributed by atoms with Crippen molar-refractivity contribution < 1.29 is 9.53 Å². The highest BCUT2D eigenvalue weighted by Gasteiger charge is 2.15. The quantitative estimate of drug-likeness (QED) is 0.836. The summed E-state index contributed by atoms with van der Waals surface area (Å²) >= 11 is 11.8. The third-order valence-electron chi connectivity index (χ3n) is 2.69. The molecule has 3 N–H and O–H groups in total. The summed E-state index contributed by atoms with van der Waals surface area (Å²) in [7, 11) is 0. The number of nitrogens with two attached hydrogens (primary N) is 1. The normalized spacial score (nSPS) is 11.8. The Hall–Kier alpha value is -1.91. The predicted molar refractivity (Wildman–Crippen MR) is 86.0 cm³/mol. The van der Waals surface area contributed by atoms with Gasteiger partial charge < -0.3 is 15.8 Å². The van der Waals surface area contributed by atoms with Gasteiger partial charge in [0.2, 0.25) is 0 Å². The molecule has 0 saturated carbocycles. The molecule has 0 radical (unpaired) electrons. The monoisotopic (exact) mass is 324 g/mol. The molecule has 0 aliphatic rings. The van der Waals surface area contributed by atoms with Crippen LogP contribution in [0.2, 0.25) is 10.0 Å². The third-order valence-corrected chi connectivity index (χ3v) is 3.13. The first-order chi connectivity index (χ1) is 9.94. The topological polar surface area (TPSA) is 64.3 Å². The number of amides is 1. The van der Waals surface area contributed by atoms with Crippen LogP contribution in [0.5, 0.6) is 5.75 Å². The van der Waals surface area contributed by atoms with Gasteiger partial charge in [-0.25, -0.2) is 0 Å². The molecule has 0 aliphatic carbocycles. The summed E-state index contributed by atoms with van der Waals surface area (Å²) in [6.45, 7) is 1.65. The molecule has 1 amide bonds. The molecule has 0 aromatic heterocycles. The summed E-state index contributed by atoms with van der Waals surface area (Å²) in [5.74, 6) is 0.265. The summed E-state index contributed by atoms with van der Waals surface area (Å²) in [4.78, 5) is 12.1. The number of hydrogen-bond donors (Lipinski definition) is 2. The van der Waals surface area contributed by atoms with Crippen LogP contribution in [0, 0.1) is 0 Å². The Kier molecular flexibility index (Phi) is 4.94. The Bertz CT molecular complexity index is 624. The van der Waals surface area contributed by atoms with Gasteiger partial charge in [0.1, 0.15) is 5.75 Å². The van der Waals surface area contributed by atoms with Gasteiger partial charge in [-0.3, -0.25) is 4.79 Å². The molecule has 1 atom stereocenters. The molecule has 0 heterocycles. The summed E-state index contributed by atoms with van der Waals surface area (Å²) in [5, 5.41) is 3.60. The fraction of sp³-hybridized carbons (Fsp3) is 0.133. The Labute approximate surface area is 132 Å². The lowest BCUT2D eigenvalue weighted by Crippen LogP contribution is -2.30. The number of nitrogen functional groups attached to an aromatic ring is 1. The molecule has 0 spiro atoms. The van der Waals surface area contributed by atoms with E-state index in [0.717, 1.165) is 0 Å². The molecule has 0 fully saturated rings. The highest BCUT2D eigenvalue weighted by atomic mass is 35.5. The molecule has 0 aliphatic heterocycles. The van der Waals surface area contributed by atoms with E-state index in [-0.39, 0.29) is 5.91 Å². The summed E-state index contributed by atoms with van der Waals surface area (Å²) in [6.07, 6.45) is -0.675.